The van der Waals surface area contributed by atoms with E-state index in [0.717, 1.165) is 27.9 Å². The lowest BCUT2D eigenvalue weighted by Crippen LogP contribution is -1.95. The Morgan fingerprint density at radius 2 is 1.55 bits per heavy atom. The second kappa shape index (κ2) is 5.45. The van der Waals surface area contributed by atoms with Crippen molar-refractivity contribution in [3.63, 3.8) is 0 Å². The van der Waals surface area contributed by atoms with E-state index in [-0.39, 0.29) is 0 Å². The fraction of sp³-hybridized carbons (Fsp3) is 0.250. The molecule has 0 bridgehead atoms. The monoisotopic (exact) mass is 291 g/mol. The SMILES string of the molecule is COc1cc2c(C)c(C)ccc2nc1-c1cc(C)cc(C)c1. The molecule has 0 unspecified atom stereocenters. The summed E-state index contributed by atoms with van der Waals surface area (Å²) in [5, 5.41) is 1.16. The van der Waals surface area contributed by atoms with Crippen molar-refractivity contribution in [2.75, 3.05) is 7.11 Å². The first-order valence-corrected chi connectivity index (χ1v) is 7.53. The standard InChI is InChI=1S/C20H21NO/c1-12-8-13(2)10-16(9-12)20-19(22-5)11-17-15(4)14(3)6-7-18(17)21-20/h6-11H,1-5H3. The summed E-state index contributed by atoms with van der Waals surface area (Å²) >= 11 is 0. The van der Waals surface area contributed by atoms with E-state index in [9.17, 15) is 0 Å². The van der Waals surface area contributed by atoms with Crippen LogP contribution in [-0.2, 0) is 0 Å². The molecule has 0 atom stereocenters. The van der Waals surface area contributed by atoms with Gasteiger partial charge < -0.3 is 4.74 Å². The van der Waals surface area contributed by atoms with Crippen molar-refractivity contribution in [1.82, 2.24) is 4.98 Å². The summed E-state index contributed by atoms with van der Waals surface area (Å²) in [6, 6.07) is 12.8. The van der Waals surface area contributed by atoms with Crippen LogP contribution < -0.4 is 4.74 Å². The Labute approximate surface area is 131 Å². The zero-order valence-electron chi connectivity index (χ0n) is 13.8. The zero-order valence-corrected chi connectivity index (χ0v) is 13.8. The van der Waals surface area contributed by atoms with Crippen molar-refractivity contribution in [2.45, 2.75) is 27.7 Å². The van der Waals surface area contributed by atoms with Gasteiger partial charge in [-0.25, -0.2) is 4.98 Å². The predicted molar refractivity (Wildman–Crippen MR) is 92.7 cm³/mol. The minimum Gasteiger partial charge on any atom is -0.494 e. The number of aryl methyl sites for hydroxylation is 4. The lowest BCUT2D eigenvalue weighted by atomic mass is 10.0. The van der Waals surface area contributed by atoms with Gasteiger partial charge in [0.25, 0.3) is 0 Å². The lowest BCUT2D eigenvalue weighted by Gasteiger charge is -2.13. The van der Waals surface area contributed by atoms with Gasteiger partial charge in [0.05, 0.1) is 12.6 Å². The Hall–Kier alpha value is -2.35. The van der Waals surface area contributed by atoms with Crippen molar-refractivity contribution < 1.29 is 4.74 Å². The molecule has 0 aliphatic heterocycles. The lowest BCUT2D eigenvalue weighted by molar-refractivity contribution is 0.415. The van der Waals surface area contributed by atoms with Gasteiger partial charge in [-0.15, -0.1) is 0 Å². The maximum absolute atomic E-state index is 5.62. The summed E-state index contributed by atoms with van der Waals surface area (Å²) < 4.78 is 5.62. The topological polar surface area (TPSA) is 22.1 Å². The highest BCUT2D eigenvalue weighted by atomic mass is 16.5. The summed E-state index contributed by atoms with van der Waals surface area (Å²) in [6.45, 7) is 8.48. The van der Waals surface area contributed by atoms with Crippen molar-refractivity contribution >= 4 is 10.9 Å². The fourth-order valence-corrected chi connectivity index (χ4v) is 2.95. The van der Waals surface area contributed by atoms with Gasteiger partial charge in [-0.1, -0.05) is 23.3 Å². The molecule has 112 valence electrons. The largest absolute Gasteiger partial charge is 0.494 e. The van der Waals surface area contributed by atoms with E-state index >= 15 is 0 Å². The number of pyridine rings is 1. The summed E-state index contributed by atoms with van der Waals surface area (Å²) in [4.78, 5) is 4.88. The molecule has 3 aromatic rings. The third-order valence-corrected chi connectivity index (χ3v) is 4.22. The van der Waals surface area contributed by atoms with E-state index in [1.54, 1.807) is 7.11 Å². The molecule has 0 saturated carbocycles. The molecular weight excluding hydrogens is 270 g/mol. The number of hydrogen-bond acceptors (Lipinski definition) is 2. The number of methoxy groups -OCH3 is 1. The predicted octanol–water partition coefficient (Wildman–Crippen LogP) is 5.14. The first-order valence-electron chi connectivity index (χ1n) is 7.53. The van der Waals surface area contributed by atoms with Crippen molar-refractivity contribution in [1.29, 1.82) is 0 Å². The van der Waals surface area contributed by atoms with E-state index in [1.807, 2.05) is 0 Å². The highest BCUT2D eigenvalue weighted by Gasteiger charge is 2.12. The molecule has 0 fully saturated rings. The molecule has 1 aromatic heterocycles. The van der Waals surface area contributed by atoms with Gasteiger partial charge in [0.15, 0.2) is 0 Å². The maximum atomic E-state index is 5.62. The third kappa shape index (κ3) is 2.45. The Morgan fingerprint density at radius 3 is 2.18 bits per heavy atom. The molecule has 2 heteroatoms. The molecular formula is C20H21NO. The van der Waals surface area contributed by atoms with Crippen LogP contribution in [0.25, 0.3) is 22.2 Å². The molecule has 0 aliphatic carbocycles. The molecule has 22 heavy (non-hydrogen) atoms. The van der Waals surface area contributed by atoms with Gasteiger partial charge in [0.1, 0.15) is 11.4 Å². The summed E-state index contributed by atoms with van der Waals surface area (Å²) in [5.74, 6) is 0.825. The van der Waals surface area contributed by atoms with Gasteiger partial charge in [-0.05, 0) is 63.1 Å². The fourth-order valence-electron chi connectivity index (χ4n) is 2.95. The quantitative estimate of drug-likeness (QED) is 0.652. The van der Waals surface area contributed by atoms with Gasteiger partial charge in [-0.3, -0.25) is 0 Å². The first-order chi connectivity index (χ1) is 10.5. The van der Waals surface area contributed by atoms with Gasteiger partial charge >= 0.3 is 0 Å². The molecule has 0 amide bonds. The van der Waals surface area contributed by atoms with Crippen LogP contribution in [0, 0.1) is 27.7 Å². The van der Waals surface area contributed by atoms with Crippen LogP contribution >= 0.6 is 0 Å². The number of rotatable bonds is 2. The highest BCUT2D eigenvalue weighted by Crippen LogP contribution is 2.34. The number of hydrogen-bond donors (Lipinski definition) is 0. The summed E-state index contributed by atoms with van der Waals surface area (Å²) in [6.07, 6.45) is 0. The van der Waals surface area contributed by atoms with Crippen LogP contribution in [0.15, 0.2) is 36.4 Å². The van der Waals surface area contributed by atoms with Crippen LogP contribution in [-0.4, -0.2) is 12.1 Å². The zero-order chi connectivity index (χ0) is 15.9. The van der Waals surface area contributed by atoms with Gasteiger partial charge in [0, 0.05) is 10.9 Å². The van der Waals surface area contributed by atoms with Gasteiger partial charge in [0.2, 0.25) is 0 Å². The second-order valence-electron chi connectivity index (χ2n) is 5.99. The van der Waals surface area contributed by atoms with Crippen molar-refractivity contribution in [3.05, 3.63) is 58.7 Å². The Bertz CT molecular complexity index is 845. The van der Waals surface area contributed by atoms with E-state index in [0.29, 0.717) is 0 Å². The minimum atomic E-state index is 0.825. The van der Waals surface area contributed by atoms with Crippen LogP contribution in [0.3, 0.4) is 0 Å². The number of fused-ring (bicyclic) bond motifs is 1. The molecule has 2 nitrogen and oxygen atoms in total. The molecule has 0 saturated heterocycles. The van der Waals surface area contributed by atoms with Crippen LogP contribution in [0.4, 0.5) is 0 Å². The Balaban J connectivity index is 2.31. The molecule has 0 radical (unpaired) electrons. The molecule has 2 aromatic carbocycles. The average molecular weight is 291 g/mol. The van der Waals surface area contributed by atoms with E-state index in [1.165, 1.54) is 22.3 Å². The molecule has 0 spiro atoms. The number of ether oxygens (including phenoxy) is 1. The van der Waals surface area contributed by atoms with Gasteiger partial charge in [-0.2, -0.15) is 0 Å². The Morgan fingerprint density at radius 1 is 0.864 bits per heavy atom. The minimum absolute atomic E-state index is 0.825. The molecule has 0 N–H and O–H groups in total. The number of aromatic nitrogens is 1. The van der Waals surface area contributed by atoms with Crippen LogP contribution in [0.5, 0.6) is 5.75 Å². The number of benzene rings is 2. The first kappa shape index (κ1) is 14.6. The normalized spacial score (nSPS) is 11.0. The summed E-state index contributed by atoms with van der Waals surface area (Å²) in [5.41, 5.74) is 8.03. The van der Waals surface area contributed by atoms with Crippen molar-refractivity contribution in [2.24, 2.45) is 0 Å². The highest BCUT2D eigenvalue weighted by molar-refractivity contribution is 5.88. The number of nitrogens with zero attached hydrogens (tertiary/aromatic N) is 1. The maximum Gasteiger partial charge on any atom is 0.145 e. The molecule has 0 aliphatic rings. The van der Waals surface area contributed by atoms with E-state index in [2.05, 4.69) is 64.1 Å². The van der Waals surface area contributed by atoms with E-state index < -0.39 is 0 Å². The third-order valence-electron chi connectivity index (χ3n) is 4.22. The molecule has 3 rings (SSSR count). The second-order valence-corrected chi connectivity index (χ2v) is 5.99. The van der Waals surface area contributed by atoms with Crippen LogP contribution in [0.1, 0.15) is 22.3 Å². The average Bonchev–Trinajstić information content (AvgIpc) is 2.49. The smallest absolute Gasteiger partial charge is 0.145 e. The summed E-state index contributed by atoms with van der Waals surface area (Å²) in [7, 11) is 1.71. The Kier molecular flexibility index (Phi) is 3.61. The van der Waals surface area contributed by atoms with E-state index in [4.69, 9.17) is 9.72 Å². The van der Waals surface area contributed by atoms with Crippen molar-refractivity contribution in [3.8, 4) is 17.0 Å². The molecule has 1 heterocycles. The van der Waals surface area contributed by atoms with Crippen LogP contribution in [0.2, 0.25) is 0 Å².